The predicted molar refractivity (Wildman–Crippen MR) is 82.2 cm³/mol. The van der Waals surface area contributed by atoms with Crippen molar-refractivity contribution >= 4 is 0 Å². The van der Waals surface area contributed by atoms with E-state index in [0.29, 0.717) is 0 Å². The van der Waals surface area contributed by atoms with Crippen molar-refractivity contribution in [3.8, 4) is 11.5 Å². The van der Waals surface area contributed by atoms with Crippen molar-refractivity contribution in [2.24, 2.45) is 0 Å². The highest BCUT2D eigenvalue weighted by atomic mass is 16.5. The molecular weight excluding hydrogens is 248 g/mol. The number of hydrogen-bond acceptors (Lipinski definition) is 3. The zero-order chi connectivity index (χ0) is 14.4. The van der Waals surface area contributed by atoms with Crippen LogP contribution in [0, 0.1) is 13.8 Å². The van der Waals surface area contributed by atoms with Crippen LogP contribution >= 0.6 is 0 Å². The highest BCUT2D eigenvalue weighted by Crippen LogP contribution is 2.25. The third-order valence-electron chi connectivity index (χ3n) is 3.08. The number of nitrogens with one attached hydrogen (secondary N) is 1. The van der Waals surface area contributed by atoms with Gasteiger partial charge in [-0.15, -0.1) is 0 Å². The number of hydrogen-bond donors (Lipinski definition) is 1. The Kier molecular flexibility index (Phi) is 5.13. The summed E-state index contributed by atoms with van der Waals surface area (Å²) >= 11 is 0. The van der Waals surface area contributed by atoms with Gasteiger partial charge in [-0.2, -0.15) is 0 Å². The van der Waals surface area contributed by atoms with Crippen LogP contribution in [0.2, 0.25) is 0 Å². The minimum absolute atomic E-state index is 0.776. The van der Waals surface area contributed by atoms with Gasteiger partial charge in [-0.05, 0) is 44.5 Å². The van der Waals surface area contributed by atoms with E-state index < -0.39 is 0 Å². The Bertz CT molecular complexity index is 567. The minimum atomic E-state index is 0.776. The summed E-state index contributed by atoms with van der Waals surface area (Å²) in [5.74, 6) is 1.73. The predicted octanol–water partition coefficient (Wildman–Crippen LogP) is 3.99. The first kappa shape index (κ1) is 14.5. The second-order valence-corrected chi connectivity index (χ2v) is 5.03. The molecule has 2 aromatic rings. The van der Waals surface area contributed by atoms with E-state index in [-0.39, 0.29) is 0 Å². The van der Waals surface area contributed by atoms with Crippen LogP contribution < -0.4 is 10.1 Å². The van der Waals surface area contributed by atoms with Crippen molar-refractivity contribution in [2.75, 3.05) is 6.54 Å². The second kappa shape index (κ2) is 7.06. The van der Waals surface area contributed by atoms with E-state index in [1.807, 2.05) is 18.2 Å². The van der Waals surface area contributed by atoms with Crippen molar-refractivity contribution in [2.45, 2.75) is 33.7 Å². The van der Waals surface area contributed by atoms with E-state index in [2.05, 4.69) is 43.2 Å². The molecule has 3 nitrogen and oxygen atoms in total. The molecular formula is C17H22N2O. The molecule has 1 N–H and O–H groups in total. The number of ether oxygens (including phenoxy) is 1. The molecule has 0 unspecified atom stereocenters. The fourth-order valence-electron chi connectivity index (χ4n) is 2.05. The number of aromatic nitrogens is 1. The van der Waals surface area contributed by atoms with Gasteiger partial charge in [0.05, 0.1) is 5.69 Å². The van der Waals surface area contributed by atoms with E-state index in [4.69, 9.17) is 4.74 Å². The van der Waals surface area contributed by atoms with Crippen molar-refractivity contribution < 1.29 is 4.74 Å². The molecule has 0 amide bonds. The lowest BCUT2D eigenvalue weighted by Gasteiger charge is -2.10. The summed E-state index contributed by atoms with van der Waals surface area (Å²) in [5, 5.41) is 3.34. The van der Waals surface area contributed by atoms with Crippen molar-refractivity contribution in [3.05, 3.63) is 53.3 Å². The SMILES string of the molecule is CCCNCc1cc(Oc2ccc(C)cc2C)ccn1. The average Bonchev–Trinajstić information content (AvgIpc) is 2.43. The van der Waals surface area contributed by atoms with Gasteiger partial charge in [0.25, 0.3) is 0 Å². The summed E-state index contributed by atoms with van der Waals surface area (Å²) in [7, 11) is 0. The molecule has 0 spiro atoms. The zero-order valence-electron chi connectivity index (χ0n) is 12.4. The van der Waals surface area contributed by atoms with Crippen LogP contribution in [0.25, 0.3) is 0 Å². The summed E-state index contributed by atoms with van der Waals surface area (Å²) in [6.07, 6.45) is 2.92. The number of aryl methyl sites for hydroxylation is 2. The van der Waals surface area contributed by atoms with Crippen LogP contribution in [0.3, 0.4) is 0 Å². The molecule has 0 aliphatic heterocycles. The maximum absolute atomic E-state index is 5.94. The fourth-order valence-corrected chi connectivity index (χ4v) is 2.05. The van der Waals surface area contributed by atoms with Crippen LogP contribution in [0.4, 0.5) is 0 Å². The molecule has 20 heavy (non-hydrogen) atoms. The number of rotatable bonds is 6. The number of nitrogens with zero attached hydrogens (tertiary/aromatic N) is 1. The van der Waals surface area contributed by atoms with Gasteiger partial charge >= 0.3 is 0 Å². The Labute approximate surface area is 121 Å². The van der Waals surface area contributed by atoms with Gasteiger partial charge in [-0.3, -0.25) is 4.98 Å². The Hall–Kier alpha value is -1.87. The molecule has 0 saturated heterocycles. The van der Waals surface area contributed by atoms with Gasteiger partial charge in [0.1, 0.15) is 11.5 Å². The molecule has 0 fully saturated rings. The largest absolute Gasteiger partial charge is 0.457 e. The molecule has 0 bridgehead atoms. The maximum Gasteiger partial charge on any atom is 0.130 e. The van der Waals surface area contributed by atoms with Crippen LogP contribution in [-0.4, -0.2) is 11.5 Å². The first-order chi connectivity index (χ1) is 9.69. The lowest BCUT2D eigenvalue weighted by molar-refractivity contribution is 0.476. The van der Waals surface area contributed by atoms with Crippen molar-refractivity contribution in [3.63, 3.8) is 0 Å². The third-order valence-corrected chi connectivity index (χ3v) is 3.08. The van der Waals surface area contributed by atoms with E-state index in [0.717, 1.165) is 42.3 Å². The first-order valence-electron chi connectivity index (χ1n) is 7.10. The summed E-state index contributed by atoms with van der Waals surface area (Å²) in [5.41, 5.74) is 3.39. The van der Waals surface area contributed by atoms with Gasteiger partial charge < -0.3 is 10.1 Å². The molecule has 3 heteroatoms. The molecule has 0 saturated carbocycles. The van der Waals surface area contributed by atoms with Crippen molar-refractivity contribution in [1.29, 1.82) is 0 Å². The van der Waals surface area contributed by atoms with Gasteiger partial charge in [0.15, 0.2) is 0 Å². The van der Waals surface area contributed by atoms with E-state index in [1.54, 1.807) is 6.20 Å². The quantitative estimate of drug-likeness (QED) is 0.806. The number of pyridine rings is 1. The van der Waals surface area contributed by atoms with Crippen LogP contribution in [0.1, 0.15) is 30.2 Å². The third kappa shape index (κ3) is 4.07. The highest BCUT2D eigenvalue weighted by molar-refractivity contribution is 5.39. The molecule has 0 atom stereocenters. The van der Waals surface area contributed by atoms with Gasteiger partial charge in [0, 0.05) is 18.8 Å². The molecule has 0 radical (unpaired) electrons. The fraction of sp³-hybridized carbons (Fsp3) is 0.353. The summed E-state index contributed by atoms with van der Waals surface area (Å²) in [6.45, 7) is 8.08. The highest BCUT2D eigenvalue weighted by Gasteiger charge is 2.03. The molecule has 106 valence electrons. The van der Waals surface area contributed by atoms with Gasteiger partial charge in [-0.25, -0.2) is 0 Å². The Morgan fingerprint density at radius 2 is 2.00 bits per heavy atom. The summed E-state index contributed by atoms with van der Waals surface area (Å²) in [6, 6.07) is 10.1. The van der Waals surface area contributed by atoms with Crippen LogP contribution in [0.15, 0.2) is 36.5 Å². The Balaban J connectivity index is 2.07. The van der Waals surface area contributed by atoms with Crippen LogP contribution in [0.5, 0.6) is 11.5 Å². The number of benzene rings is 1. The monoisotopic (exact) mass is 270 g/mol. The van der Waals surface area contributed by atoms with E-state index >= 15 is 0 Å². The Morgan fingerprint density at radius 3 is 2.75 bits per heavy atom. The van der Waals surface area contributed by atoms with Gasteiger partial charge in [0.2, 0.25) is 0 Å². The molecule has 0 aliphatic rings. The molecule has 0 aliphatic carbocycles. The first-order valence-corrected chi connectivity index (χ1v) is 7.10. The normalized spacial score (nSPS) is 10.6. The topological polar surface area (TPSA) is 34.1 Å². The van der Waals surface area contributed by atoms with E-state index in [1.165, 1.54) is 5.56 Å². The smallest absolute Gasteiger partial charge is 0.130 e. The van der Waals surface area contributed by atoms with Crippen LogP contribution in [-0.2, 0) is 6.54 Å². The summed E-state index contributed by atoms with van der Waals surface area (Å²) < 4.78 is 5.94. The standard InChI is InChI=1S/C17H22N2O/c1-4-8-18-12-15-11-16(7-9-19-15)20-17-6-5-13(2)10-14(17)3/h5-7,9-11,18H,4,8,12H2,1-3H3. The maximum atomic E-state index is 5.94. The molecule has 2 rings (SSSR count). The Morgan fingerprint density at radius 1 is 1.15 bits per heavy atom. The average molecular weight is 270 g/mol. The lowest BCUT2D eigenvalue weighted by atomic mass is 10.1. The molecule has 1 aromatic carbocycles. The van der Waals surface area contributed by atoms with Gasteiger partial charge in [-0.1, -0.05) is 24.6 Å². The molecule has 1 heterocycles. The van der Waals surface area contributed by atoms with Crippen molar-refractivity contribution in [1.82, 2.24) is 10.3 Å². The second-order valence-electron chi connectivity index (χ2n) is 5.03. The molecule has 1 aromatic heterocycles. The summed E-state index contributed by atoms with van der Waals surface area (Å²) in [4.78, 5) is 4.35. The minimum Gasteiger partial charge on any atom is -0.457 e. The lowest BCUT2D eigenvalue weighted by Crippen LogP contribution is -2.14. The van der Waals surface area contributed by atoms with E-state index in [9.17, 15) is 0 Å². The zero-order valence-corrected chi connectivity index (χ0v) is 12.4.